The maximum absolute atomic E-state index is 12.8. The first-order valence-corrected chi connectivity index (χ1v) is 12.6. The molecule has 1 aliphatic heterocycles. The molecular weight excluding hydrogens is 424 g/mol. The van der Waals surface area contributed by atoms with Gasteiger partial charge in [-0.3, -0.25) is 14.5 Å². The van der Waals surface area contributed by atoms with E-state index in [0.717, 1.165) is 27.1 Å². The van der Waals surface area contributed by atoms with E-state index in [9.17, 15) is 9.59 Å². The number of halogens is 1. The number of amides is 2. The number of nitrogens with zero attached hydrogens (tertiary/aromatic N) is 2. The minimum Gasteiger partial charge on any atom is -0.497 e. The van der Waals surface area contributed by atoms with Crippen molar-refractivity contribution in [1.82, 2.24) is 9.13 Å². The molecule has 144 valence electrons. The average molecular weight is 449 g/mol. The van der Waals surface area contributed by atoms with Crippen LogP contribution in [0.5, 0.6) is 5.75 Å². The van der Waals surface area contributed by atoms with Gasteiger partial charge in [0.15, 0.2) is 8.24 Å². The molecule has 27 heavy (non-hydrogen) atoms. The van der Waals surface area contributed by atoms with Crippen molar-refractivity contribution in [3.8, 4) is 5.75 Å². The van der Waals surface area contributed by atoms with Crippen molar-refractivity contribution in [2.45, 2.75) is 38.9 Å². The molecule has 2 amide bonds. The zero-order valence-electron chi connectivity index (χ0n) is 16.8. The van der Waals surface area contributed by atoms with Crippen LogP contribution in [0, 0.1) is 0 Å². The van der Waals surface area contributed by atoms with Gasteiger partial charge in [0, 0.05) is 29.7 Å². The lowest BCUT2D eigenvalue weighted by molar-refractivity contribution is -0.134. The van der Waals surface area contributed by atoms with Gasteiger partial charge in [-0.1, -0.05) is 33.9 Å². The van der Waals surface area contributed by atoms with Crippen molar-refractivity contribution in [1.29, 1.82) is 0 Å². The van der Waals surface area contributed by atoms with Crippen LogP contribution in [0.3, 0.4) is 0 Å². The predicted molar refractivity (Wildman–Crippen MR) is 115 cm³/mol. The number of rotatable bonds is 3. The standard InChI is InChI=1S/C20H25BrN2O3Si/c1-20(2,3)27(6,7)23-11-14(13-10-12(26-5)8-9-15(13)23)16-17(21)19(25)22(4)18(16)24/h8-11H,1-7H3. The van der Waals surface area contributed by atoms with Crippen LogP contribution in [0.2, 0.25) is 18.1 Å². The first-order valence-electron chi connectivity index (χ1n) is 8.84. The number of hydrogen-bond donors (Lipinski definition) is 0. The molecule has 0 unspecified atom stereocenters. The van der Waals surface area contributed by atoms with Crippen molar-refractivity contribution in [2.24, 2.45) is 0 Å². The van der Waals surface area contributed by atoms with Crippen LogP contribution in [0.15, 0.2) is 28.9 Å². The van der Waals surface area contributed by atoms with Crippen LogP contribution in [0.1, 0.15) is 26.3 Å². The van der Waals surface area contributed by atoms with Gasteiger partial charge in [0.05, 0.1) is 17.2 Å². The van der Waals surface area contributed by atoms with E-state index >= 15 is 0 Å². The van der Waals surface area contributed by atoms with E-state index in [1.165, 1.54) is 7.05 Å². The van der Waals surface area contributed by atoms with Gasteiger partial charge in [-0.25, -0.2) is 0 Å². The van der Waals surface area contributed by atoms with Gasteiger partial charge in [-0.2, -0.15) is 0 Å². The van der Waals surface area contributed by atoms with E-state index in [1.54, 1.807) is 7.11 Å². The van der Waals surface area contributed by atoms with E-state index in [2.05, 4.69) is 54.0 Å². The number of likely N-dealkylation sites (N-methyl/N-ethyl adjacent to an activating group) is 1. The van der Waals surface area contributed by atoms with E-state index < -0.39 is 8.24 Å². The highest BCUT2D eigenvalue weighted by molar-refractivity contribution is 9.12. The number of methoxy groups -OCH3 is 1. The second-order valence-electron chi connectivity index (χ2n) is 8.46. The van der Waals surface area contributed by atoms with Gasteiger partial charge in [0.1, 0.15) is 5.75 Å². The molecule has 1 aromatic heterocycles. The minimum absolute atomic E-state index is 0.105. The molecule has 1 aromatic carbocycles. The average Bonchev–Trinajstić information content (AvgIpc) is 3.05. The number of ether oxygens (including phenoxy) is 1. The van der Waals surface area contributed by atoms with Gasteiger partial charge in [0.25, 0.3) is 11.8 Å². The molecule has 0 saturated carbocycles. The molecule has 5 nitrogen and oxygen atoms in total. The SMILES string of the molecule is COc1ccc2c(c1)c(C1=C(Br)C(=O)N(C)C1=O)cn2[Si](C)(C)C(C)(C)C. The Bertz CT molecular complexity index is 999. The van der Waals surface area contributed by atoms with Gasteiger partial charge in [-0.15, -0.1) is 0 Å². The third kappa shape index (κ3) is 2.88. The van der Waals surface area contributed by atoms with Gasteiger partial charge in [0.2, 0.25) is 0 Å². The van der Waals surface area contributed by atoms with E-state index in [1.807, 2.05) is 24.4 Å². The summed E-state index contributed by atoms with van der Waals surface area (Å²) < 4.78 is 8.06. The molecule has 0 radical (unpaired) electrons. The lowest BCUT2D eigenvalue weighted by atomic mass is 10.1. The molecule has 7 heteroatoms. The Morgan fingerprint density at radius 2 is 1.74 bits per heavy atom. The highest BCUT2D eigenvalue weighted by Gasteiger charge is 2.41. The lowest BCUT2D eigenvalue weighted by Gasteiger charge is -2.38. The van der Waals surface area contributed by atoms with Crippen LogP contribution in [-0.4, -0.2) is 43.3 Å². The fourth-order valence-electron chi connectivity index (χ4n) is 3.20. The highest BCUT2D eigenvalue weighted by atomic mass is 79.9. The Kier molecular flexibility index (Phi) is 4.67. The quantitative estimate of drug-likeness (QED) is 0.508. The van der Waals surface area contributed by atoms with Crippen molar-refractivity contribution >= 4 is 52.5 Å². The largest absolute Gasteiger partial charge is 0.497 e. The fraction of sp³-hybridized carbons (Fsp3) is 0.400. The second-order valence-corrected chi connectivity index (χ2v) is 14.4. The summed E-state index contributed by atoms with van der Waals surface area (Å²) in [5, 5.41) is 1.02. The summed E-state index contributed by atoms with van der Waals surface area (Å²) in [6.07, 6.45) is 2.04. The van der Waals surface area contributed by atoms with Crippen LogP contribution in [0.25, 0.3) is 16.5 Å². The zero-order chi connectivity index (χ0) is 20.3. The Morgan fingerprint density at radius 3 is 2.22 bits per heavy atom. The minimum atomic E-state index is -1.95. The Balaban J connectivity index is 2.38. The van der Waals surface area contributed by atoms with Crippen LogP contribution in [0.4, 0.5) is 0 Å². The first kappa shape index (κ1) is 19.9. The molecule has 0 aliphatic carbocycles. The molecule has 2 aromatic rings. The van der Waals surface area contributed by atoms with Gasteiger partial charge in [-0.05, 0) is 39.2 Å². The summed E-state index contributed by atoms with van der Waals surface area (Å²) in [6.45, 7) is 11.4. The Hall–Kier alpha value is -1.86. The summed E-state index contributed by atoms with van der Waals surface area (Å²) in [4.78, 5) is 26.2. The molecule has 0 fully saturated rings. The van der Waals surface area contributed by atoms with Gasteiger partial charge >= 0.3 is 0 Å². The molecule has 1 aliphatic rings. The predicted octanol–water partition coefficient (Wildman–Crippen LogP) is 4.61. The summed E-state index contributed by atoms with van der Waals surface area (Å²) >= 11 is 3.35. The normalized spacial score (nSPS) is 16.1. The number of hydrogen-bond acceptors (Lipinski definition) is 3. The third-order valence-electron chi connectivity index (χ3n) is 5.95. The highest BCUT2D eigenvalue weighted by Crippen LogP contribution is 2.43. The maximum Gasteiger partial charge on any atom is 0.268 e. The molecular formula is C20H25BrN2O3Si. The summed E-state index contributed by atoms with van der Waals surface area (Å²) in [7, 11) is 1.18. The third-order valence-corrected chi connectivity index (χ3v) is 11.9. The topological polar surface area (TPSA) is 51.5 Å². The van der Waals surface area contributed by atoms with Crippen LogP contribution >= 0.6 is 15.9 Å². The Labute approximate surface area is 169 Å². The number of aromatic nitrogens is 1. The van der Waals surface area contributed by atoms with Crippen molar-refractivity contribution in [3.63, 3.8) is 0 Å². The number of carbonyl (C=O) groups excluding carboxylic acids is 2. The molecule has 3 rings (SSSR count). The van der Waals surface area contributed by atoms with Crippen molar-refractivity contribution in [3.05, 3.63) is 34.4 Å². The lowest BCUT2D eigenvalue weighted by Crippen LogP contribution is -2.44. The molecule has 0 N–H and O–H groups in total. The molecule has 0 saturated heterocycles. The van der Waals surface area contributed by atoms with Crippen molar-refractivity contribution < 1.29 is 14.3 Å². The molecule has 0 atom stereocenters. The van der Waals surface area contributed by atoms with E-state index in [4.69, 9.17) is 4.74 Å². The van der Waals surface area contributed by atoms with E-state index in [0.29, 0.717) is 10.1 Å². The monoisotopic (exact) mass is 448 g/mol. The van der Waals surface area contributed by atoms with Crippen LogP contribution < -0.4 is 4.74 Å². The Morgan fingerprint density at radius 1 is 1.11 bits per heavy atom. The fourth-order valence-corrected chi connectivity index (χ4v) is 5.82. The van der Waals surface area contributed by atoms with Crippen LogP contribution in [-0.2, 0) is 9.59 Å². The number of fused-ring (bicyclic) bond motifs is 1. The number of imide groups is 1. The zero-order valence-corrected chi connectivity index (χ0v) is 19.4. The summed E-state index contributed by atoms with van der Waals surface area (Å²) in [5.74, 6) is 0.119. The second kappa shape index (κ2) is 6.34. The smallest absolute Gasteiger partial charge is 0.268 e. The number of benzene rings is 1. The van der Waals surface area contributed by atoms with E-state index in [-0.39, 0.29) is 16.9 Å². The first-order chi connectivity index (χ1) is 12.4. The molecule has 0 bridgehead atoms. The summed E-state index contributed by atoms with van der Waals surface area (Å²) in [6, 6.07) is 5.92. The van der Waals surface area contributed by atoms with Gasteiger partial charge < -0.3 is 8.97 Å². The maximum atomic E-state index is 12.8. The van der Waals surface area contributed by atoms with Crippen molar-refractivity contribution in [2.75, 3.05) is 14.2 Å². The molecule has 0 spiro atoms. The summed E-state index contributed by atoms with van der Waals surface area (Å²) in [5.41, 5.74) is 2.24. The molecule has 2 heterocycles. The number of carbonyl (C=O) groups is 2.